The summed E-state index contributed by atoms with van der Waals surface area (Å²) in [5.41, 5.74) is 1.49. The molecule has 7 heteroatoms. The summed E-state index contributed by atoms with van der Waals surface area (Å²) in [5.74, 6) is 0.882. The smallest absolute Gasteiger partial charge is 0.256 e. The second kappa shape index (κ2) is 7.65. The van der Waals surface area contributed by atoms with Crippen LogP contribution < -0.4 is 15.0 Å². The minimum absolute atomic E-state index is 0.237. The van der Waals surface area contributed by atoms with E-state index >= 15 is 0 Å². The maximum atomic E-state index is 12.3. The molecule has 1 saturated heterocycles. The van der Waals surface area contributed by atoms with Gasteiger partial charge in [0.15, 0.2) is 0 Å². The Morgan fingerprint density at radius 1 is 1.20 bits per heavy atom. The van der Waals surface area contributed by atoms with Gasteiger partial charge in [-0.25, -0.2) is 4.98 Å². The molecule has 2 amide bonds. The van der Waals surface area contributed by atoms with E-state index in [1.807, 2.05) is 6.07 Å². The lowest BCUT2D eigenvalue weighted by atomic mass is 10.2. The lowest BCUT2D eigenvalue weighted by molar-refractivity contribution is -0.118. The SMILES string of the molecule is COc1cccc(C(=O)Nc2ccc(N3CCN(C=O)CC3)cn2)c1. The van der Waals surface area contributed by atoms with Crippen LogP contribution in [0.4, 0.5) is 11.5 Å². The van der Waals surface area contributed by atoms with Crippen molar-refractivity contribution in [3.8, 4) is 5.75 Å². The molecule has 1 fully saturated rings. The lowest BCUT2D eigenvalue weighted by Gasteiger charge is -2.33. The van der Waals surface area contributed by atoms with Crippen LogP contribution in [0.3, 0.4) is 0 Å². The molecule has 0 radical (unpaired) electrons. The Balaban J connectivity index is 1.62. The molecule has 2 heterocycles. The van der Waals surface area contributed by atoms with E-state index < -0.39 is 0 Å². The van der Waals surface area contributed by atoms with Gasteiger partial charge in [0.25, 0.3) is 5.91 Å². The van der Waals surface area contributed by atoms with E-state index in [1.54, 1.807) is 48.5 Å². The standard InChI is InChI=1S/C18H20N4O3/c1-25-16-4-2-3-14(11-16)18(24)20-17-6-5-15(12-19-17)22-9-7-21(13-23)8-10-22/h2-6,11-13H,7-10H2,1H3,(H,19,20,24). The molecule has 0 atom stereocenters. The Hall–Kier alpha value is -3.09. The van der Waals surface area contributed by atoms with Gasteiger partial charge >= 0.3 is 0 Å². The predicted octanol–water partition coefficient (Wildman–Crippen LogP) is 1.62. The molecular formula is C18H20N4O3. The Morgan fingerprint density at radius 2 is 2.00 bits per heavy atom. The van der Waals surface area contributed by atoms with Crippen LogP contribution in [0.2, 0.25) is 0 Å². The van der Waals surface area contributed by atoms with E-state index in [2.05, 4.69) is 15.2 Å². The first-order valence-corrected chi connectivity index (χ1v) is 8.05. The molecule has 3 rings (SSSR count). The fourth-order valence-corrected chi connectivity index (χ4v) is 2.69. The number of hydrogen-bond donors (Lipinski definition) is 1. The molecule has 1 aliphatic rings. The number of hydrogen-bond acceptors (Lipinski definition) is 5. The number of nitrogens with zero attached hydrogens (tertiary/aromatic N) is 3. The van der Waals surface area contributed by atoms with E-state index in [0.717, 1.165) is 25.2 Å². The Kier molecular flexibility index (Phi) is 5.13. The summed E-state index contributed by atoms with van der Waals surface area (Å²) in [7, 11) is 1.56. The van der Waals surface area contributed by atoms with Gasteiger partial charge < -0.3 is 19.9 Å². The van der Waals surface area contributed by atoms with E-state index in [-0.39, 0.29) is 5.91 Å². The van der Waals surface area contributed by atoms with Gasteiger partial charge in [-0.3, -0.25) is 9.59 Å². The molecule has 0 bridgehead atoms. The number of anilines is 2. The number of amides is 2. The van der Waals surface area contributed by atoms with Crippen LogP contribution in [-0.4, -0.2) is 55.5 Å². The normalized spacial score (nSPS) is 14.1. The van der Waals surface area contributed by atoms with Gasteiger partial charge in [-0.05, 0) is 30.3 Å². The van der Waals surface area contributed by atoms with Crippen molar-refractivity contribution >= 4 is 23.8 Å². The molecule has 0 spiro atoms. The fraction of sp³-hybridized carbons (Fsp3) is 0.278. The average Bonchev–Trinajstić information content (AvgIpc) is 2.68. The lowest BCUT2D eigenvalue weighted by Crippen LogP contribution is -2.45. The number of methoxy groups -OCH3 is 1. The minimum atomic E-state index is -0.237. The summed E-state index contributed by atoms with van der Waals surface area (Å²) in [6, 6.07) is 10.6. The van der Waals surface area contributed by atoms with E-state index in [4.69, 9.17) is 4.74 Å². The molecule has 7 nitrogen and oxygen atoms in total. The average molecular weight is 340 g/mol. The van der Waals surface area contributed by atoms with E-state index in [1.165, 1.54) is 0 Å². The summed E-state index contributed by atoms with van der Waals surface area (Å²) < 4.78 is 5.13. The number of pyridine rings is 1. The maximum absolute atomic E-state index is 12.3. The molecule has 0 saturated carbocycles. The molecule has 0 aliphatic carbocycles. The predicted molar refractivity (Wildman–Crippen MR) is 95.0 cm³/mol. The number of ether oxygens (including phenoxy) is 1. The first kappa shape index (κ1) is 16.8. The van der Waals surface area contributed by atoms with Crippen molar-refractivity contribution < 1.29 is 14.3 Å². The first-order chi connectivity index (χ1) is 12.2. The Bertz CT molecular complexity index is 740. The van der Waals surface area contributed by atoms with Crippen LogP contribution in [0.5, 0.6) is 5.75 Å². The summed E-state index contributed by atoms with van der Waals surface area (Å²) in [5, 5.41) is 2.78. The van der Waals surface area contributed by atoms with Gasteiger partial charge in [0.05, 0.1) is 19.0 Å². The number of nitrogens with one attached hydrogen (secondary N) is 1. The molecule has 25 heavy (non-hydrogen) atoms. The number of rotatable bonds is 5. The summed E-state index contributed by atoms with van der Waals surface area (Å²) in [4.78, 5) is 31.3. The van der Waals surface area contributed by atoms with Crippen molar-refractivity contribution in [2.75, 3.05) is 43.5 Å². The van der Waals surface area contributed by atoms with Gasteiger partial charge in [-0.15, -0.1) is 0 Å². The van der Waals surface area contributed by atoms with Gasteiger partial charge in [-0.1, -0.05) is 6.07 Å². The van der Waals surface area contributed by atoms with E-state index in [0.29, 0.717) is 30.2 Å². The number of benzene rings is 1. The van der Waals surface area contributed by atoms with Crippen LogP contribution in [0.1, 0.15) is 10.4 Å². The van der Waals surface area contributed by atoms with Crippen LogP contribution >= 0.6 is 0 Å². The van der Waals surface area contributed by atoms with Crippen molar-refractivity contribution in [3.05, 3.63) is 48.2 Å². The number of aromatic nitrogens is 1. The highest BCUT2D eigenvalue weighted by Crippen LogP contribution is 2.18. The molecule has 1 aromatic carbocycles. The van der Waals surface area contributed by atoms with Crippen molar-refractivity contribution in [2.24, 2.45) is 0 Å². The molecule has 1 aliphatic heterocycles. The third-order valence-corrected chi connectivity index (χ3v) is 4.15. The third kappa shape index (κ3) is 4.06. The third-order valence-electron chi connectivity index (χ3n) is 4.15. The zero-order valence-corrected chi connectivity index (χ0v) is 14.0. The largest absolute Gasteiger partial charge is 0.497 e. The van der Waals surface area contributed by atoms with E-state index in [9.17, 15) is 9.59 Å². The molecule has 2 aromatic rings. The van der Waals surface area contributed by atoms with Crippen molar-refractivity contribution in [1.82, 2.24) is 9.88 Å². The Labute approximate surface area is 146 Å². The minimum Gasteiger partial charge on any atom is -0.497 e. The fourth-order valence-electron chi connectivity index (χ4n) is 2.69. The van der Waals surface area contributed by atoms with Crippen LogP contribution in [-0.2, 0) is 4.79 Å². The van der Waals surface area contributed by atoms with Gasteiger partial charge in [0.1, 0.15) is 11.6 Å². The zero-order chi connectivity index (χ0) is 17.6. The zero-order valence-electron chi connectivity index (χ0n) is 14.0. The van der Waals surface area contributed by atoms with Gasteiger partial charge in [0, 0.05) is 31.7 Å². The molecule has 1 aromatic heterocycles. The Morgan fingerprint density at radius 3 is 2.64 bits per heavy atom. The summed E-state index contributed by atoms with van der Waals surface area (Å²) >= 11 is 0. The first-order valence-electron chi connectivity index (χ1n) is 8.05. The van der Waals surface area contributed by atoms with Crippen LogP contribution in [0.25, 0.3) is 0 Å². The highest BCUT2D eigenvalue weighted by molar-refractivity contribution is 6.04. The second-order valence-electron chi connectivity index (χ2n) is 5.72. The molecular weight excluding hydrogens is 320 g/mol. The van der Waals surface area contributed by atoms with Crippen LogP contribution in [0.15, 0.2) is 42.6 Å². The highest BCUT2D eigenvalue weighted by atomic mass is 16.5. The monoisotopic (exact) mass is 340 g/mol. The van der Waals surface area contributed by atoms with Crippen molar-refractivity contribution in [2.45, 2.75) is 0 Å². The summed E-state index contributed by atoms with van der Waals surface area (Å²) in [6.45, 7) is 2.96. The molecule has 130 valence electrons. The van der Waals surface area contributed by atoms with Gasteiger partial charge in [-0.2, -0.15) is 0 Å². The van der Waals surface area contributed by atoms with Gasteiger partial charge in [0.2, 0.25) is 6.41 Å². The topological polar surface area (TPSA) is 74.8 Å². The number of carbonyl (C=O) groups excluding carboxylic acids is 2. The highest BCUT2D eigenvalue weighted by Gasteiger charge is 2.16. The number of carbonyl (C=O) groups is 2. The summed E-state index contributed by atoms with van der Waals surface area (Å²) in [6.07, 6.45) is 2.62. The molecule has 0 unspecified atom stereocenters. The maximum Gasteiger partial charge on any atom is 0.256 e. The quantitative estimate of drug-likeness (QED) is 0.837. The second-order valence-corrected chi connectivity index (χ2v) is 5.72. The van der Waals surface area contributed by atoms with Crippen LogP contribution in [0, 0.1) is 0 Å². The van der Waals surface area contributed by atoms with Crippen molar-refractivity contribution in [3.63, 3.8) is 0 Å². The molecule has 1 N–H and O–H groups in total. The van der Waals surface area contributed by atoms with Crippen molar-refractivity contribution in [1.29, 1.82) is 0 Å². The number of piperazine rings is 1.